The zero-order valence-corrected chi connectivity index (χ0v) is 12.0. The zero-order chi connectivity index (χ0) is 15.1. The summed E-state index contributed by atoms with van der Waals surface area (Å²) in [5.74, 6) is 0.257. The fourth-order valence-corrected chi connectivity index (χ4v) is 1.90. The Morgan fingerprint density at radius 2 is 2.10 bits per heavy atom. The van der Waals surface area contributed by atoms with E-state index in [1.807, 2.05) is 30.3 Å². The average Bonchev–Trinajstić information content (AvgIpc) is 2.49. The largest absolute Gasteiger partial charge is 0.494 e. The van der Waals surface area contributed by atoms with Gasteiger partial charge in [-0.3, -0.25) is 0 Å². The lowest BCUT2D eigenvalue weighted by Gasteiger charge is -2.09. The molecule has 1 aromatic heterocycles. The van der Waals surface area contributed by atoms with Crippen molar-refractivity contribution in [2.75, 3.05) is 18.5 Å². The molecule has 0 atom stereocenters. The van der Waals surface area contributed by atoms with Crippen LogP contribution in [0.1, 0.15) is 16.8 Å². The molecule has 2 aromatic rings. The van der Waals surface area contributed by atoms with E-state index in [1.165, 1.54) is 12.3 Å². The molecule has 0 radical (unpaired) electrons. The van der Waals surface area contributed by atoms with E-state index in [-0.39, 0.29) is 5.56 Å². The Hall–Kier alpha value is -2.27. The Labute approximate surface area is 127 Å². The zero-order valence-electron chi connectivity index (χ0n) is 11.3. The first kappa shape index (κ1) is 15.1. The predicted molar refractivity (Wildman–Crippen MR) is 81.3 cm³/mol. The van der Waals surface area contributed by atoms with Crippen LogP contribution >= 0.6 is 11.6 Å². The summed E-state index contributed by atoms with van der Waals surface area (Å²) in [6, 6.07) is 10.9. The number of rotatable bonds is 7. The van der Waals surface area contributed by atoms with Gasteiger partial charge in [-0.2, -0.15) is 0 Å². The summed E-state index contributed by atoms with van der Waals surface area (Å²) in [6.45, 7) is 1.20. The van der Waals surface area contributed by atoms with Crippen LogP contribution in [0.25, 0.3) is 0 Å². The van der Waals surface area contributed by atoms with Gasteiger partial charge in [0.25, 0.3) is 0 Å². The van der Waals surface area contributed by atoms with Crippen molar-refractivity contribution >= 4 is 23.4 Å². The predicted octanol–water partition coefficient (Wildman–Crippen LogP) is 3.31. The second-order valence-corrected chi connectivity index (χ2v) is 4.71. The third-order valence-corrected chi connectivity index (χ3v) is 3.00. The number of nitrogens with one attached hydrogen (secondary N) is 1. The molecule has 0 aliphatic carbocycles. The van der Waals surface area contributed by atoms with Gasteiger partial charge in [0, 0.05) is 12.7 Å². The summed E-state index contributed by atoms with van der Waals surface area (Å²) >= 11 is 5.96. The molecule has 0 fully saturated rings. The van der Waals surface area contributed by atoms with Crippen LogP contribution in [0.3, 0.4) is 0 Å². The second kappa shape index (κ2) is 7.50. The quantitative estimate of drug-likeness (QED) is 0.768. The summed E-state index contributed by atoms with van der Waals surface area (Å²) in [5, 5.41) is 12.2. The molecule has 0 saturated carbocycles. The molecule has 0 bridgehead atoms. The highest BCUT2D eigenvalue weighted by Gasteiger charge is 2.07. The van der Waals surface area contributed by atoms with Crippen LogP contribution in [0.4, 0.5) is 5.82 Å². The van der Waals surface area contributed by atoms with Gasteiger partial charge >= 0.3 is 5.97 Å². The molecule has 0 unspecified atom stereocenters. The van der Waals surface area contributed by atoms with Gasteiger partial charge in [-0.1, -0.05) is 29.8 Å². The van der Waals surface area contributed by atoms with Crippen molar-refractivity contribution in [1.82, 2.24) is 4.98 Å². The maximum atomic E-state index is 10.8. The summed E-state index contributed by atoms with van der Waals surface area (Å²) in [6.07, 6.45) is 2.05. The van der Waals surface area contributed by atoms with Crippen molar-refractivity contribution in [2.24, 2.45) is 0 Å². The standard InChI is InChI=1S/C15H15ClN2O3/c16-13-9-11(15(19)20)10-18-14(13)17-7-4-8-21-12-5-2-1-3-6-12/h1-3,5-6,9-10H,4,7-8H2,(H,17,18)(H,19,20). The molecule has 2 rings (SSSR count). The van der Waals surface area contributed by atoms with Gasteiger partial charge < -0.3 is 15.2 Å². The monoisotopic (exact) mass is 306 g/mol. The lowest BCUT2D eigenvalue weighted by molar-refractivity contribution is 0.0696. The van der Waals surface area contributed by atoms with Gasteiger partial charge in [0.2, 0.25) is 0 Å². The molecule has 0 spiro atoms. The van der Waals surface area contributed by atoms with Gasteiger partial charge in [0.15, 0.2) is 0 Å². The Kier molecular flexibility index (Phi) is 5.40. The number of carboxylic acid groups (broad SMARTS) is 1. The van der Waals surface area contributed by atoms with Crippen molar-refractivity contribution < 1.29 is 14.6 Å². The maximum absolute atomic E-state index is 10.8. The van der Waals surface area contributed by atoms with E-state index in [1.54, 1.807) is 0 Å². The fourth-order valence-electron chi connectivity index (χ4n) is 1.67. The normalized spacial score (nSPS) is 10.1. The topological polar surface area (TPSA) is 71.5 Å². The first-order valence-electron chi connectivity index (χ1n) is 6.47. The number of aromatic nitrogens is 1. The number of carboxylic acids is 1. The van der Waals surface area contributed by atoms with Gasteiger partial charge in [-0.15, -0.1) is 0 Å². The summed E-state index contributed by atoms with van der Waals surface area (Å²) in [7, 11) is 0. The van der Waals surface area contributed by atoms with Crippen LogP contribution in [0.2, 0.25) is 5.02 Å². The van der Waals surface area contributed by atoms with Crippen LogP contribution in [0.15, 0.2) is 42.6 Å². The fraction of sp³-hybridized carbons (Fsp3) is 0.200. The number of hydrogen-bond donors (Lipinski definition) is 2. The highest BCUT2D eigenvalue weighted by atomic mass is 35.5. The Balaban J connectivity index is 1.75. The van der Waals surface area contributed by atoms with Gasteiger partial charge in [0.05, 0.1) is 17.2 Å². The number of hydrogen-bond acceptors (Lipinski definition) is 4. The average molecular weight is 307 g/mol. The summed E-state index contributed by atoms with van der Waals surface area (Å²) in [5.41, 5.74) is 0.0676. The molecular weight excluding hydrogens is 292 g/mol. The number of pyridine rings is 1. The van der Waals surface area contributed by atoms with E-state index in [2.05, 4.69) is 10.3 Å². The third-order valence-electron chi connectivity index (χ3n) is 2.71. The number of ether oxygens (including phenoxy) is 1. The van der Waals surface area contributed by atoms with E-state index in [9.17, 15) is 4.79 Å². The van der Waals surface area contributed by atoms with E-state index in [0.717, 1.165) is 12.2 Å². The molecule has 1 aromatic carbocycles. The number of anilines is 1. The molecule has 0 amide bonds. The van der Waals surface area contributed by atoms with Crippen molar-refractivity contribution in [2.45, 2.75) is 6.42 Å². The molecule has 2 N–H and O–H groups in total. The van der Waals surface area contributed by atoms with Crippen LogP contribution in [-0.2, 0) is 0 Å². The number of nitrogens with zero attached hydrogens (tertiary/aromatic N) is 1. The van der Waals surface area contributed by atoms with Crippen molar-refractivity contribution in [3.63, 3.8) is 0 Å². The van der Waals surface area contributed by atoms with E-state index < -0.39 is 5.97 Å². The number of halogens is 1. The van der Waals surface area contributed by atoms with Crippen LogP contribution in [0, 0.1) is 0 Å². The first-order chi connectivity index (χ1) is 10.2. The molecule has 0 aliphatic rings. The minimum Gasteiger partial charge on any atom is -0.494 e. The summed E-state index contributed by atoms with van der Waals surface area (Å²) in [4.78, 5) is 14.8. The maximum Gasteiger partial charge on any atom is 0.337 e. The molecule has 21 heavy (non-hydrogen) atoms. The SMILES string of the molecule is O=C(O)c1cnc(NCCCOc2ccccc2)c(Cl)c1. The minimum atomic E-state index is -1.05. The number of carbonyl (C=O) groups is 1. The molecule has 110 valence electrons. The molecule has 6 heteroatoms. The lowest BCUT2D eigenvalue weighted by Crippen LogP contribution is -2.09. The molecule has 1 heterocycles. The van der Waals surface area contributed by atoms with Crippen molar-refractivity contribution in [3.8, 4) is 5.75 Å². The Morgan fingerprint density at radius 1 is 1.33 bits per heavy atom. The molecule has 5 nitrogen and oxygen atoms in total. The highest BCUT2D eigenvalue weighted by molar-refractivity contribution is 6.33. The smallest absolute Gasteiger partial charge is 0.337 e. The molecular formula is C15H15ClN2O3. The van der Waals surface area contributed by atoms with Crippen LogP contribution in [0.5, 0.6) is 5.75 Å². The lowest BCUT2D eigenvalue weighted by atomic mass is 10.3. The first-order valence-corrected chi connectivity index (χ1v) is 6.85. The Bertz CT molecular complexity index is 605. The highest BCUT2D eigenvalue weighted by Crippen LogP contribution is 2.20. The number of aromatic carboxylic acids is 1. The van der Waals surface area contributed by atoms with Crippen molar-refractivity contribution in [1.29, 1.82) is 0 Å². The second-order valence-electron chi connectivity index (χ2n) is 4.30. The molecule has 0 aliphatic heterocycles. The van der Waals surface area contributed by atoms with E-state index >= 15 is 0 Å². The van der Waals surface area contributed by atoms with Gasteiger partial charge in [-0.05, 0) is 24.6 Å². The van der Waals surface area contributed by atoms with Crippen LogP contribution < -0.4 is 10.1 Å². The van der Waals surface area contributed by atoms with Gasteiger partial charge in [0.1, 0.15) is 11.6 Å². The molecule has 0 saturated heterocycles. The van der Waals surface area contributed by atoms with E-state index in [0.29, 0.717) is 24.0 Å². The summed E-state index contributed by atoms with van der Waals surface area (Å²) < 4.78 is 5.55. The van der Waals surface area contributed by atoms with Crippen LogP contribution in [-0.4, -0.2) is 29.2 Å². The number of para-hydroxylation sites is 1. The number of benzene rings is 1. The van der Waals surface area contributed by atoms with Crippen molar-refractivity contribution in [3.05, 3.63) is 53.2 Å². The van der Waals surface area contributed by atoms with Gasteiger partial charge in [-0.25, -0.2) is 9.78 Å². The Morgan fingerprint density at radius 3 is 2.76 bits per heavy atom. The minimum absolute atomic E-state index is 0.0676. The van der Waals surface area contributed by atoms with E-state index in [4.69, 9.17) is 21.4 Å². The third kappa shape index (κ3) is 4.65.